The Kier molecular flexibility index (Phi) is 7.48. The van der Waals surface area contributed by atoms with Crippen molar-refractivity contribution < 1.29 is 0 Å². The molecule has 59 heavy (non-hydrogen) atoms. The van der Waals surface area contributed by atoms with Gasteiger partial charge in [-0.3, -0.25) is 0 Å². The molecule has 0 saturated heterocycles. The molecule has 10 aromatic rings. The first kappa shape index (κ1) is 33.5. The van der Waals surface area contributed by atoms with Gasteiger partial charge in [-0.05, 0) is 104 Å². The number of para-hydroxylation sites is 2. The van der Waals surface area contributed by atoms with E-state index in [4.69, 9.17) is 0 Å². The maximum absolute atomic E-state index is 2.48. The topological polar surface area (TPSA) is 6.48 Å². The second-order valence-electron chi connectivity index (χ2n) is 15.6. The lowest BCUT2D eigenvalue weighted by Crippen LogP contribution is -2.26. The number of hydrogen-bond donors (Lipinski definition) is 0. The van der Waals surface area contributed by atoms with Crippen LogP contribution in [0, 0.1) is 0 Å². The van der Waals surface area contributed by atoms with Crippen LogP contribution in [0.15, 0.2) is 231 Å². The summed E-state index contributed by atoms with van der Waals surface area (Å²) in [6, 6.07) is 84.8. The molecule has 0 amide bonds. The van der Waals surface area contributed by atoms with E-state index in [2.05, 4.69) is 240 Å². The molecule has 0 unspecified atom stereocenters. The van der Waals surface area contributed by atoms with Crippen molar-refractivity contribution in [1.29, 1.82) is 0 Å². The molecule has 1 atom stereocenters. The minimum atomic E-state index is -0.509. The second-order valence-corrected chi connectivity index (χ2v) is 15.6. The van der Waals surface area contributed by atoms with Crippen LogP contribution in [0.3, 0.4) is 0 Å². The number of hydrogen-bond acceptors (Lipinski definition) is 2. The van der Waals surface area contributed by atoms with E-state index in [-0.39, 0.29) is 0 Å². The van der Waals surface area contributed by atoms with Gasteiger partial charge < -0.3 is 9.80 Å². The summed E-state index contributed by atoms with van der Waals surface area (Å²) in [5.41, 5.74) is 16.7. The summed E-state index contributed by atoms with van der Waals surface area (Å²) >= 11 is 0. The maximum Gasteiger partial charge on any atom is 0.0726 e. The summed E-state index contributed by atoms with van der Waals surface area (Å²) in [5.74, 6) is 0. The Hall–Kier alpha value is -7.68. The largest absolute Gasteiger partial charge is 0.310 e. The lowest BCUT2D eigenvalue weighted by Gasteiger charge is -2.32. The molecule has 0 N–H and O–H groups in total. The zero-order valence-electron chi connectivity index (χ0n) is 32.3. The van der Waals surface area contributed by atoms with Crippen LogP contribution in [-0.4, -0.2) is 0 Å². The van der Waals surface area contributed by atoms with Crippen molar-refractivity contribution in [3.63, 3.8) is 0 Å². The highest BCUT2D eigenvalue weighted by Crippen LogP contribution is 2.65. The molecule has 276 valence electrons. The van der Waals surface area contributed by atoms with Crippen LogP contribution >= 0.6 is 0 Å². The Labute approximate surface area is 344 Å². The molecule has 2 aliphatic rings. The van der Waals surface area contributed by atoms with Crippen LogP contribution in [0.5, 0.6) is 0 Å². The standard InChI is InChI=1S/C57H38N2/c1-3-22-41(23-4-1)58(53-33-15-20-39-18-7-9-26-44(39)53)43-36-37-51-48(38-43)46-28-11-13-30-49(46)57(51)50-31-14-12-29-47(50)56-52(57)32-17-35-55(56)59(42-24-5-2-6-25-42)54-34-16-21-40-19-8-10-27-45(40)54/h1-38H/t57-/m1/s1. The average molecular weight is 751 g/mol. The molecule has 12 rings (SSSR count). The Morgan fingerprint density at radius 1 is 0.271 bits per heavy atom. The van der Waals surface area contributed by atoms with Gasteiger partial charge in [-0.15, -0.1) is 0 Å². The predicted octanol–water partition coefficient (Wildman–Crippen LogP) is 15.3. The van der Waals surface area contributed by atoms with Gasteiger partial charge in [-0.1, -0.05) is 176 Å². The fourth-order valence-corrected chi connectivity index (χ4v) is 10.3. The highest BCUT2D eigenvalue weighted by atomic mass is 15.2. The van der Waals surface area contributed by atoms with Gasteiger partial charge in [-0.2, -0.15) is 0 Å². The van der Waals surface area contributed by atoms with E-state index in [0.717, 1.165) is 28.4 Å². The third-order valence-electron chi connectivity index (χ3n) is 12.6. The van der Waals surface area contributed by atoms with Gasteiger partial charge in [0.2, 0.25) is 0 Å². The summed E-state index contributed by atoms with van der Waals surface area (Å²) in [5, 5.41) is 4.88. The van der Waals surface area contributed by atoms with E-state index in [1.54, 1.807) is 0 Å². The molecule has 2 nitrogen and oxygen atoms in total. The zero-order chi connectivity index (χ0) is 38.9. The van der Waals surface area contributed by atoms with Crippen LogP contribution in [0.25, 0.3) is 43.8 Å². The number of fused-ring (bicyclic) bond motifs is 12. The van der Waals surface area contributed by atoms with E-state index in [1.807, 2.05) is 0 Å². The monoisotopic (exact) mass is 750 g/mol. The molecular formula is C57H38N2. The maximum atomic E-state index is 2.48. The molecule has 0 fully saturated rings. The minimum absolute atomic E-state index is 0.509. The smallest absolute Gasteiger partial charge is 0.0726 e. The van der Waals surface area contributed by atoms with E-state index >= 15 is 0 Å². The van der Waals surface area contributed by atoms with Crippen molar-refractivity contribution in [1.82, 2.24) is 0 Å². The first-order valence-electron chi connectivity index (χ1n) is 20.4. The van der Waals surface area contributed by atoms with Gasteiger partial charge >= 0.3 is 0 Å². The van der Waals surface area contributed by atoms with Gasteiger partial charge in [-0.25, -0.2) is 0 Å². The van der Waals surface area contributed by atoms with Gasteiger partial charge in [0.15, 0.2) is 0 Å². The first-order chi connectivity index (χ1) is 29.3. The third kappa shape index (κ3) is 4.87. The molecule has 2 heteroatoms. The number of nitrogens with zero attached hydrogens (tertiary/aromatic N) is 2. The van der Waals surface area contributed by atoms with Gasteiger partial charge in [0.1, 0.15) is 0 Å². The third-order valence-corrected chi connectivity index (χ3v) is 12.6. The van der Waals surface area contributed by atoms with Crippen molar-refractivity contribution in [3.05, 3.63) is 253 Å². The second kappa shape index (κ2) is 13.2. The van der Waals surface area contributed by atoms with Crippen molar-refractivity contribution in [2.75, 3.05) is 9.80 Å². The average Bonchev–Trinajstić information content (AvgIpc) is 3.78. The van der Waals surface area contributed by atoms with Crippen LogP contribution < -0.4 is 9.80 Å². The summed E-state index contributed by atoms with van der Waals surface area (Å²) in [7, 11) is 0. The first-order valence-corrected chi connectivity index (χ1v) is 20.4. The van der Waals surface area contributed by atoms with Crippen molar-refractivity contribution in [2.45, 2.75) is 5.41 Å². The molecular weight excluding hydrogens is 713 g/mol. The number of benzene rings is 10. The summed E-state index contributed by atoms with van der Waals surface area (Å²) < 4.78 is 0. The molecule has 0 bridgehead atoms. The quantitative estimate of drug-likeness (QED) is 0.167. The van der Waals surface area contributed by atoms with Crippen LogP contribution in [0.2, 0.25) is 0 Å². The van der Waals surface area contributed by atoms with Gasteiger partial charge in [0.05, 0.1) is 22.5 Å². The van der Waals surface area contributed by atoms with Crippen molar-refractivity contribution in [2.24, 2.45) is 0 Å². The highest BCUT2D eigenvalue weighted by molar-refractivity contribution is 6.06. The Morgan fingerprint density at radius 3 is 1.41 bits per heavy atom. The van der Waals surface area contributed by atoms with Crippen molar-refractivity contribution in [3.8, 4) is 22.3 Å². The van der Waals surface area contributed by atoms with Gasteiger partial charge in [0, 0.05) is 33.4 Å². The Bertz CT molecular complexity index is 3230. The number of rotatable bonds is 6. The van der Waals surface area contributed by atoms with E-state index in [0.29, 0.717) is 0 Å². The van der Waals surface area contributed by atoms with Crippen molar-refractivity contribution >= 4 is 55.7 Å². The lowest BCUT2D eigenvalue weighted by molar-refractivity contribution is 0.793. The SMILES string of the molecule is c1ccc(N(c2ccc3c(c2)-c2ccccc2[C@@]32c3ccccc3-c3c(N(c4ccccc4)c4cccc5ccccc45)cccc32)c2cccc3ccccc23)cc1. The predicted molar refractivity (Wildman–Crippen MR) is 247 cm³/mol. The van der Waals surface area contributed by atoms with Crippen LogP contribution in [0.4, 0.5) is 34.1 Å². The molecule has 10 aromatic carbocycles. The lowest BCUT2D eigenvalue weighted by atomic mass is 9.70. The van der Waals surface area contributed by atoms with Crippen LogP contribution in [0.1, 0.15) is 22.3 Å². The normalized spacial score (nSPS) is 14.5. The Balaban J connectivity index is 1.13. The Morgan fingerprint density at radius 2 is 0.729 bits per heavy atom. The molecule has 0 aromatic heterocycles. The molecule has 1 spiro atoms. The zero-order valence-corrected chi connectivity index (χ0v) is 32.3. The van der Waals surface area contributed by atoms with Crippen LogP contribution in [-0.2, 0) is 5.41 Å². The molecule has 0 heterocycles. The summed E-state index contributed by atoms with van der Waals surface area (Å²) in [6.45, 7) is 0. The number of anilines is 6. The van der Waals surface area contributed by atoms with E-state index in [1.165, 1.54) is 71.7 Å². The fraction of sp³-hybridized carbons (Fsp3) is 0.0175. The summed E-state index contributed by atoms with van der Waals surface area (Å²) in [4.78, 5) is 4.90. The van der Waals surface area contributed by atoms with E-state index < -0.39 is 5.41 Å². The molecule has 2 aliphatic carbocycles. The fourth-order valence-electron chi connectivity index (χ4n) is 10.3. The summed E-state index contributed by atoms with van der Waals surface area (Å²) in [6.07, 6.45) is 0. The van der Waals surface area contributed by atoms with Gasteiger partial charge in [0.25, 0.3) is 0 Å². The highest BCUT2D eigenvalue weighted by Gasteiger charge is 2.52. The molecule has 0 aliphatic heterocycles. The molecule has 0 saturated carbocycles. The van der Waals surface area contributed by atoms with E-state index in [9.17, 15) is 0 Å². The molecule has 0 radical (unpaired) electrons. The minimum Gasteiger partial charge on any atom is -0.310 e.